The largest absolute Gasteiger partial charge is 0.462 e. The fourth-order valence-corrected chi connectivity index (χ4v) is 2.57. The van der Waals surface area contributed by atoms with Crippen LogP contribution in [0.4, 0.5) is 17.3 Å². The van der Waals surface area contributed by atoms with Gasteiger partial charge in [0.15, 0.2) is 11.6 Å². The summed E-state index contributed by atoms with van der Waals surface area (Å²) < 4.78 is 10.4. The molecule has 1 atom stereocenters. The average molecular weight is 356 g/mol. The molecule has 1 aliphatic heterocycles. The first kappa shape index (κ1) is 17.8. The normalized spacial score (nSPS) is 16.1. The van der Waals surface area contributed by atoms with Gasteiger partial charge in [-0.15, -0.1) is 10.2 Å². The van der Waals surface area contributed by atoms with Crippen LogP contribution in [0.15, 0.2) is 36.4 Å². The molecule has 3 rings (SSSR count). The van der Waals surface area contributed by atoms with Crippen molar-refractivity contribution in [2.75, 3.05) is 23.8 Å². The SMILES string of the molecule is CCOC(=O)c1ccccc1Nc1ccc(NC(=O)C2CCCO2)nn1. The van der Waals surface area contributed by atoms with E-state index in [-0.39, 0.29) is 5.91 Å². The molecule has 0 aliphatic carbocycles. The molecule has 0 spiro atoms. The summed E-state index contributed by atoms with van der Waals surface area (Å²) in [4.78, 5) is 24.0. The van der Waals surface area contributed by atoms with Crippen LogP contribution in [0.25, 0.3) is 0 Å². The number of hydrogen-bond donors (Lipinski definition) is 2. The highest BCUT2D eigenvalue weighted by Gasteiger charge is 2.23. The van der Waals surface area contributed by atoms with Crippen LogP contribution in [0.3, 0.4) is 0 Å². The Morgan fingerprint density at radius 1 is 1.19 bits per heavy atom. The number of para-hydroxylation sites is 1. The molecule has 1 amide bonds. The third kappa shape index (κ3) is 4.34. The molecule has 8 nitrogen and oxygen atoms in total. The zero-order chi connectivity index (χ0) is 18.4. The number of esters is 1. The Labute approximate surface area is 150 Å². The molecule has 1 aromatic carbocycles. The van der Waals surface area contributed by atoms with E-state index in [2.05, 4.69) is 20.8 Å². The highest BCUT2D eigenvalue weighted by Crippen LogP contribution is 2.21. The van der Waals surface area contributed by atoms with Crippen molar-refractivity contribution in [3.63, 3.8) is 0 Å². The second kappa shape index (κ2) is 8.39. The minimum Gasteiger partial charge on any atom is -0.462 e. The maximum atomic E-state index is 12.0. The van der Waals surface area contributed by atoms with Crippen molar-refractivity contribution >= 4 is 29.2 Å². The van der Waals surface area contributed by atoms with Crippen LogP contribution < -0.4 is 10.6 Å². The van der Waals surface area contributed by atoms with Gasteiger partial charge in [-0.3, -0.25) is 4.79 Å². The number of aromatic nitrogens is 2. The molecule has 26 heavy (non-hydrogen) atoms. The predicted octanol–water partition coefficient (Wildman–Crippen LogP) is 2.51. The summed E-state index contributed by atoms with van der Waals surface area (Å²) in [5, 5.41) is 13.7. The highest BCUT2D eigenvalue weighted by atomic mass is 16.5. The highest BCUT2D eigenvalue weighted by molar-refractivity contribution is 5.96. The van der Waals surface area contributed by atoms with Gasteiger partial charge >= 0.3 is 5.97 Å². The molecule has 2 aromatic rings. The molecule has 136 valence electrons. The molecular weight excluding hydrogens is 336 g/mol. The van der Waals surface area contributed by atoms with E-state index in [0.29, 0.717) is 42.5 Å². The first-order valence-corrected chi connectivity index (χ1v) is 8.46. The lowest BCUT2D eigenvalue weighted by Gasteiger charge is -2.11. The van der Waals surface area contributed by atoms with Gasteiger partial charge in [0.2, 0.25) is 0 Å². The first-order chi connectivity index (χ1) is 12.7. The topological polar surface area (TPSA) is 102 Å². The third-order valence-corrected chi connectivity index (χ3v) is 3.82. The lowest BCUT2D eigenvalue weighted by Crippen LogP contribution is -2.27. The van der Waals surface area contributed by atoms with E-state index in [1.54, 1.807) is 43.3 Å². The first-order valence-electron chi connectivity index (χ1n) is 8.46. The van der Waals surface area contributed by atoms with Crippen molar-refractivity contribution in [3.05, 3.63) is 42.0 Å². The number of rotatable bonds is 6. The van der Waals surface area contributed by atoms with Gasteiger partial charge in [-0.25, -0.2) is 4.79 Å². The fourth-order valence-electron chi connectivity index (χ4n) is 2.57. The summed E-state index contributed by atoms with van der Waals surface area (Å²) in [5.74, 6) is 0.153. The maximum absolute atomic E-state index is 12.0. The van der Waals surface area contributed by atoms with E-state index < -0.39 is 12.1 Å². The Morgan fingerprint density at radius 2 is 1.96 bits per heavy atom. The Hall–Kier alpha value is -3.00. The fraction of sp³-hybridized carbons (Fsp3) is 0.333. The van der Waals surface area contributed by atoms with Crippen molar-refractivity contribution in [1.82, 2.24) is 10.2 Å². The zero-order valence-corrected chi connectivity index (χ0v) is 14.4. The lowest BCUT2D eigenvalue weighted by molar-refractivity contribution is -0.124. The van der Waals surface area contributed by atoms with Crippen LogP contribution in [0.1, 0.15) is 30.1 Å². The maximum Gasteiger partial charge on any atom is 0.340 e. The van der Waals surface area contributed by atoms with Crippen LogP contribution in [0.5, 0.6) is 0 Å². The van der Waals surface area contributed by atoms with Crippen LogP contribution >= 0.6 is 0 Å². The van der Waals surface area contributed by atoms with Gasteiger partial charge in [0.05, 0.1) is 17.9 Å². The summed E-state index contributed by atoms with van der Waals surface area (Å²) in [6.45, 7) is 2.65. The van der Waals surface area contributed by atoms with Gasteiger partial charge in [-0.1, -0.05) is 12.1 Å². The molecule has 1 saturated heterocycles. The Kier molecular flexibility index (Phi) is 5.75. The minimum absolute atomic E-state index is 0.217. The van der Waals surface area contributed by atoms with Gasteiger partial charge < -0.3 is 20.1 Å². The van der Waals surface area contributed by atoms with E-state index >= 15 is 0 Å². The number of amides is 1. The molecule has 1 aromatic heterocycles. The number of anilines is 3. The van der Waals surface area contributed by atoms with Crippen LogP contribution in [0, 0.1) is 0 Å². The minimum atomic E-state index is -0.425. The number of carbonyl (C=O) groups excluding carboxylic acids is 2. The molecule has 8 heteroatoms. The Balaban J connectivity index is 1.66. The number of carbonyl (C=O) groups is 2. The Bertz CT molecular complexity index is 773. The van der Waals surface area contributed by atoms with Crippen LogP contribution in [-0.4, -0.2) is 41.4 Å². The van der Waals surface area contributed by atoms with E-state index in [9.17, 15) is 9.59 Å². The van der Waals surface area contributed by atoms with E-state index in [1.807, 2.05) is 0 Å². The number of benzene rings is 1. The molecule has 2 heterocycles. The van der Waals surface area contributed by atoms with Gasteiger partial charge in [-0.05, 0) is 44.0 Å². The summed E-state index contributed by atoms with van der Waals surface area (Å²) in [6.07, 6.45) is 1.17. The van der Waals surface area contributed by atoms with Crippen molar-refractivity contribution in [3.8, 4) is 0 Å². The zero-order valence-electron chi connectivity index (χ0n) is 14.4. The number of nitrogens with zero attached hydrogens (tertiary/aromatic N) is 2. The molecule has 0 saturated carbocycles. The molecule has 1 fully saturated rings. The van der Waals surface area contributed by atoms with E-state index in [1.165, 1.54) is 0 Å². The van der Waals surface area contributed by atoms with E-state index in [4.69, 9.17) is 9.47 Å². The van der Waals surface area contributed by atoms with Gasteiger partial charge in [0.25, 0.3) is 5.91 Å². The van der Waals surface area contributed by atoms with Crippen LogP contribution in [0.2, 0.25) is 0 Å². The van der Waals surface area contributed by atoms with E-state index in [0.717, 1.165) is 6.42 Å². The lowest BCUT2D eigenvalue weighted by atomic mass is 10.2. The molecule has 0 radical (unpaired) electrons. The summed E-state index contributed by atoms with van der Waals surface area (Å²) >= 11 is 0. The Morgan fingerprint density at radius 3 is 2.65 bits per heavy atom. The summed E-state index contributed by atoms with van der Waals surface area (Å²) in [5.41, 5.74) is 0.975. The monoisotopic (exact) mass is 356 g/mol. The van der Waals surface area contributed by atoms with Crippen molar-refractivity contribution < 1.29 is 19.1 Å². The standard InChI is InChI=1S/C18H20N4O4/c1-2-25-18(24)12-6-3-4-7-13(12)19-15-9-10-16(22-21-15)20-17(23)14-8-5-11-26-14/h3-4,6-7,9-10,14H,2,5,8,11H2,1H3,(H,19,21)(H,20,22,23). The van der Waals surface area contributed by atoms with Crippen LogP contribution in [-0.2, 0) is 14.3 Å². The van der Waals surface area contributed by atoms with Crippen molar-refractivity contribution in [2.24, 2.45) is 0 Å². The number of nitrogens with one attached hydrogen (secondary N) is 2. The number of ether oxygens (including phenoxy) is 2. The molecule has 1 unspecified atom stereocenters. The second-order valence-corrected chi connectivity index (χ2v) is 5.69. The van der Waals surface area contributed by atoms with Crippen molar-refractivity contribution in [2.45, 2.75) is 25.9 Å². The molecule has 1 aliphatic rings. The smallest absolute Gasteiger partial charge is 0.340 e. The summed E-state index contributed by atoms with van der Waals surface area (Å²) in [7, 11) is 0. The average Bonchev–Trinajstić information content (AvgIpc) is 3.19. The molecule has 2 N–H and O–H groups in total. The second-order valence-electron chi connectivity index (χ2n) is 5.69. The quantitative estimate of drug-likeness (QED) is 0.767. The number of hydrogen-bond acceptors (Lipinski definition) is 7. The van der Waals surface area contributed by atoms with Gasteiger partial charge in [0, 0.05) is 6.61 Å². The molecular formula is C18H20N4O4. The molecule has 0 bridgehead atoms. The summed E-state index contributed by atoms with van der Waals surface area (Å²) in [6, 6.07) is 10.3. The predicted molar refractivity (Wildman–Crippen MR) is 95.3 cm³/mol. The van der Waals surface area contributed by atoms with Gasteiger partial charge in [-0.2, -0.15) is 0 Å². The van der Waals surface area contributed by atoms with Crippen molar-refractivity contribution in [1.29, 1.82) is 0 Å². The van der Waals surface area contributed by atoms with Gasteiger partial charge in [0.1, 0.15) is 6.10 Å². The third-order valence-electron chi connectivity index (χ3n) is 3.82.